The van der Waals surface area contributed by atoms with E-state index in [2.05, 4.69) is 17.6 Å². The van der Waals surface area contributed by atoms with Gasteiger partial charge >= 0.3 is 0 Å². The molecule has 106 valence electrons. The van der Waals surface area contributed by atoms with Crippen LogP contribution in [-0.4, -0.2) is 17.3 Å². The number of fused-ring (bicyclic) bond motifs is 1. The smallest absolute Gasteiger partial charge is 0.0649 e. The maximum atomic E-state index is 6.21. The monoisotopic (exact) mass is 262 g/mol. The topological polar surface area (TPSA) is 40.2 Å². The van der Waals surface area contributed by atoms with Gasteiger partial charge in [0, 0.05) is 24.0 Å². The van der Waals surface area contributed by atoms with Gasteiger partial charge in [0.1, 0.15) is 0 Å². The van der Waals surface area contributed by atoms with Crippen molar-refractivity contribution < 1.29 is 4.74 Å². The quantitative estimate of drug-likeness (QED) is 0.905. The van der Waals surface area contributed by atoms with Crippen molar-refractivity contribution in [1.82, 2.24) is 4.57 Å². The van der Waals surface area contributed by atoms with Crippen molar-refractivity contribution in [2.45, 2.75) is 70.6 Å². The summed E-state index contributed by atoms with van der Waals surface area (Å²) in [5.74, 6) is 0. The van der Waals surface area contributed by atoms with Crippen molar-refractivity contribution in [3.05, 3.63) is 23.0 Å². The zero-order valence-electron chi connectivity index (χ0n) is 12.0. The Balaban J connectivity index is 1.63. The fraction of sp³-hybridized carbons (Fsp3) is 0.750. The Kier molecular flexibility index (Phi) is 3.94. The molecule has 0 radical (unpaired) electrons. The molecule has 0 spiro atoms. The Morgan fingerprint density at radius 2 is 2.05 bits per heavy atom. The first-order valence-electron chi connectivity index (χ1n) is 7.82. The predicted molar refractivity (Wildman–Crippen MR) is 77.2 cm³/mol. The van der Waals surface area contributed by atoms with Gasteiger partial charge in [0.15, 0.2) is 0 Å². The standard InChI is InChI=1S/C16H26N2O/c1-12-11-14-15(17)7-4-8-16(14)18(12)9-10-19-13-5-2-3-6-13/h11,13,15H,2-10,17H2,1H3. The van der Waals surface area contributed by atoms with Gasteiger partial charge in [-0.1, -0.05) is 12.8 Å². The first-order chi connectivity index (χ1) is 9.25. The normalized spacial score (nSPS) is 23.8. The van der Waals surface area contributed by atoms with Gasteiger partial charge in [0.05, 0.1) is 12.7 Å². The summed E-state index contributed by atoms with van der Waals surface area (Å²) in [5.41, 5.74) is 10.4. The third-order valence-electron chi connectivity index (χ3n) is 4.75. The van der Waals surface area contributed by atoms with Gasteiger partial charge in [-0.25, -0.2) is 0 Å². The van der Waals surface area contributed by atoms with E-state index in [0.29, 0.717) is 6.10 Å². The van der Waals surface area contributed by atoms with E-state index in [4.69, 9.17) is 10.5 Å². The fourth-order valence-electron chi connectivity index (χ4n) is 3.68. The molecular weight excluding hydrogens is 236 g/mol. The number of hydrogen-bond acceptors (Lipinski definition) is 2. The summed E-state index contributed by atoms with van der Waals surface area (Å²) in [7, 11) is 0. The number of rotatable bonds is 4. The zero-order valence-corrected chi connectivity index (χ0v) is 12.0. The van der Waals surface area contributed by atoms with Gasteiger partial charge in [-0.3, -0.25) is 0 Å². The molecule has 19 heavy (non-hydrogen) atoms. The molecule has 0 aliphatic heterocycles. The summed E-state index contributed by atoms with van der Waals surface area (Å²) in [6, 6.07) is 2.54. The van der Waals surface area contributed by atoms with E-state index in [1.54, 1.807) is 0 Å². The highest BCUT2D eigenvalue weighted by atomic mass is 16.5. The maximum Gasteiger partial charge on any atom is 0.0649 e. The molecule has 0 bridgehead atoms. The van der Waals surface area contributed by atoms with Gasteiger partial charge < -0.3 is 15.0 Å². The van der Waals surface area contributed by atoms with Crippen LogP contribution >= 0.6 is 0 Å². The summed E-state index contributed by atoms with van der Waals surface area (Å²) >= 11 is 0. The molecule has 3 nitrogen and oxygen atoms in total. The number of aromatic nitrogens is 1. The van der Waals surface area contributed by atoms with Gasteiger partial charge in [0.25, 0.3) is 0 Å². The number of aryl methyl sites for hydroxylation is 1. The van der Waals surface area contributed by atoms with Crippen molar-refractivity contribution in [2.75, 3.05) is 6.61 Å². The van der Waals surface area contributed by atoms with E-state index in [1.165, 1.54) is 55.5 Å². The minimum atomic E-state index is 0.249. The molecule has 0 amide bonds. The average molecular weight is 262 g/mol. The number of hydrogen-bond donors (Lipinski definition) is 1. The SMILES string of the molecule is Cc1cc2c(n1CCOC1CCCC1)CCCC2N. The van der Waals surface area contributed by atoms with Crippen molar-refractivity contribution in [2.24, 2.45) is 5.73 Å². The number of nitrogens with zero attached hydrogens (tertiary/aromatic N) is 1. The van der Waals surface area contributed by atoms with Crippen LogP contribution < -0.4 is 5.73 Å². The van der Waals surface area contributed by atoms with E-state index >= 15 is 0 Å². The molecule has 2 aliphatic carbocycles. The molecule has 1 unspecified atom stereocenters. The van der Waals surface area contributed by atoms with Gasteiger partial charge in [0.2, 0.25) is 0 Å². The van der Waals surface area contributed by atoms with Gasteiger partial charge in [-0.2, -0.15) is 0 Å². The molecule has 0 saturated heterocycles. The van der Waals surface area contributed by atoms with Crippen LogP contribution in [0.1, 0.15) is 61.5 Å². The Morgan fingerprint density at radius 1 is 1.26 bits per heavy atom. The predicted octanol–water partition coefficient (Wildman–Crippen LogP) is 3.09. The molecule has 2 aliphatic rings. The molecule has 1 fully saturated rings. The minimum absolute atomic E-state index is 0.249. The van der Waals surface area contributed by atoms with Crippen molar-refractivity contribution in [3.8, 4) is 0 Å². The summed E-state index contributed by atoms with van der Waals surface area (Å²) < 4.78 is 8.43. The fourth-order valence-corrected chi connectivity index (χ4v) is 3.68. The van der Waals surface area contributed by atoms with E-state index < -0.39 is 0 Å². The van der Waals surface area contributed by atoms with Crippen molar-refractivity contribution in [1.29, 1.82) is 0 Å². The first kappa shape index (κ1) is 13.2. The van der Waals surface area contributed by atoms with Crippen LogP contribution in [0.15, 0.2) is 6.07 Å². The Bertz CT molecular complexity index is 432. The van der Waals surface area contributed by atoms with Crippen molar-refractivity contribution in [3.63, 3.8) is 0 Å². The number of nitrogens with two attached hydrogens (primary N) is 1. The molecule has 1 aromatic rings. The lowest BCUT2D eigenvalue weighted by atomic mass is 9.93. The Labute approximate surface area is 116 Å². The molecule has 0 aromatic carbocycles. The summed E-state index contributed by atoms with van der Waals surface area (Å²) in [4.78, 5) is 0. The van der Waals surface area contributed by atoms with Crippen LogP contribution in [0.25, 0.3) is 0 Å². The molecular formula is C16H26N2O. The summed E-state index contributed by atoms with van der Waals surface area (Å²) in [6.07, 6.45) is 9.26. The van der Waals surface area contributed by atoms with Crippen LogP contribution in [0.5, 0.6) is 0 Å². The molecule has 1 saturated carbocycles. The van der Waals surface area contributed by atoms with Crippen LogP contribution in [-0.2, 0) is 17.7 Å². The molecule has 3 heteroatoms. The van der Waals surface area contributed by atoms with Gasteiger partial charge in [-0.05, 0) is 50.7 Å². The molecule has 2 N–H and O–H groups in total. The first-order valence-corrected chi connectivity index (χ1v) is 7.82. The third-order valence-corrected chi connectivity index (χ3v) is 4.75. The molecule has 1 aromatic heterocycles. The summed E-state index contributed by atoms with van der Waals surface area (Å²) in [5, 5.41) is 0. The lowest BCUT2D eigenvalue weighted by Crippen LogP contribution is -2.20. The van der Waals surface area contributed by atoms with Crippen molar-refractivity contribution >= 4 is 0 Å². The highest BCUT2D eigenvalue weighted by Crippen LogP contribution is 2.30. The van der Waals surface area contributed by atoms with Crippen LogP contribution in [0, 0.1) is 6.92 Å². The second kappa shape index (κ2) is 5.68. The maximum absolute atomic E-state index is 6.21. The second-order valence-corrected chi connectivity index (χ2v) is 6.12. The van der Waals surface area contributed by atoms with E-state index in [-0.39, 0.29) is 6.04 Å². The lowest BCUT2D eigenvalue weighted by Gasteiger charge is -2.21. The average Bonchev–Trinajstić information content (AvgIpc) is 3.00. The largest absolute Gasteiger partial charge is 0.376 e. The molecule has 3 rings (SSSR count). The summed E-state index contributed by atoms with van der Waals surface area (Å²) in [6.45, 7) is 4.03. The highest BCUT2D eigenvalue weighted by molar-refractivity contribution is 5.32. The van der Waals surface area contributed by atoms with E-state index in [0.717, 1.165) is 19.6 Å². The van der Waals surface area contributed by atoms with Gasteiger partial charge in [-0.15, -0.1) is 0 Å². The van der Waals surface area contributed by atoms with E-state index in [9.17, 15) is 0 Å². The zero-order chi connectivity index (χ0) is 13.2. The number of ether oxygens (including phenoxy) is 1. The van der Waals surface area contributed by atoms with Crippen LogP contribution in [0.2, 0.25) is 0 Å². The molecule has 1 heterocycles. The lowest BCUT2D eigenvalue weighted by molar-refractivity contribution is 0.0524. The van der Waals surface area contributed by atoms with E-state index in [1.807, 2.05) is 0 Å². The minimum Gasteiger partial charge on any atom is -0.376 e. The molecule has 1 atom stereocenters. The Morgan fingerprint density at radius 3 is 2.84 bits per heavy atom. The highest BCUT2D eigenvalue weighted by Gasteiger charge is 2.22. The Hall–Kier alpha value is -0.800. The second-order valence-electron chi connectivity index (χ2n) is 6.12. The third kappa shape index (κ3) is 2.72. The van der Waals surface area contributed by atoms with Crippen LogP contribution in [0.3, 0.4) is 0 Å². The van der Waals surface area contributed by atoms with Crippen LogP contribution in [0.4, 0.5) is 0 Å².